The molecule has 1 aliphatic rings. The summed E-state index contributed by atoms with van der Waals surface area (Å²) in [4.78, 5) is 24.8. The lowest BCUT2D eigenvalue weighted by atomic mass is 9.76. The van der Waals surface area contributed by atoms with Crippen LogP contribution in [0.15, 0.2) is 0 Å². The highest BCUT2D eigenvalue weighted by molar-refractivity contribution is 6.45. The van der Waals surface area contributed by atoms with E-state index in [9.17, 15) is 9.59 Å². The fourth-order valence-electron chi connectivity index (χ4n) is 1.79. The van der Waals surface area contributed by atoms with Crippen LogP contribution in [-0.2, 0) is 9.59 Å². The van der Waals surface area contributed by atoms with E-state index in [0.29, 0.717) is 19.7 Å². The van der Waals surface area contributed by atoms with Crippen molar-refractivity contribution in [3.63, 3.8) is 0 Å². The second-order valence-electron chi connectivity index (χ2n) is 4.79. The average Bonchev–Trinajstić information content (AvgIpc) is 2.31. The van der Waals surface area contributed by atoms with Gasteiger partial charge >= 0.3 is 0 Å². The lowest BCUT2D eigenvalue weighted by molar-refractivity contribution is -0.134. The minimum absolute atomic E-state index is 0.00222. The van der Waals surface area contributed by atoms with Crippen LogP contribution in [0.4, 0.5) is 0 Å². The zero-order chi connectivity index (χ0) is 10.9. The Morgan fingerprint density at radius 2 is 1.86 bits per heavy atom. The number of amides is 2. The molecule has 14 heavy (non-hydrogen) atoms. The molecular weight excluding hydrogens is 177 g/mol. The van der Waals surface area contributed by atoms with Crippen LogP contribution >= 0.6 is 0 Å². The number of rotatable bonds is 3. The van der Waals surface area contributed by atoms with E-state index in [2.05, 4.69) is 0 Å². The van der Waals surface area contributed by atoms with Crippen molar-refractivity contribution in [2.75, 3.05) is 0 Å². The molecule has 0 aromatic heterocycles. The van der Waals surface area contributed by atoms with Crippen LogP contribution in [0.25, 0.3) is 0 Å². The Labute approximate surface area is 86.1 Å². The predicted molar refractivity (Wildman–Crippen MR) is 57.0 cm³/mol. The van der Waals surface area contributed by atoms with E-state index in [0.717, 1.165) is 0 Å². The van der Waals surface area contributed by atoms with Crippen LogP contribution in [0.1, 0.15) is 34.1 Å². The van der Waals surface area contributed by atoms with Crippen LogP contribution in [0.5, 0.6) is 0 Å². The maximum Gasteiger partial charge on any atom is 0.252 e. The third-order valence-corrected chi connectivity index (χ3v) is 2.63. The first-order valence-corrected chi connectivity index (χ1v) is 5.27. The first kappa shape index (κ1) is 11.3. The van der Waals surface area contributed by atoms with Gasteiger partial charge in [0.25, 0.3) is 7.41 Å². The van der Waals surface area contributed by atoms with Gasteiger partial charge in [-0.3, -0.25) is 9.59 Å². The molecule has 78 valence electrons. The molecule has 0 aromatic rings. The van der Waals surface area contributed by atoms with Crippen molar-refractivity contribution in [2.45, 2.75) is 39.9 Å². The van der Waals surface area contributed by atoms with Gasteiger partial charge in [0.05, 0.1) is 0 Å². The molecule has 0 saturated carbocycles. The highest BCUT2D eigenvalue weighted by atomic mass is 16.2. The molecule has 1 fully saturated rings. The van der Waals surface area contributed by atoms with Gasteiger partial charge < -0.3 is 4.81 Å². The van der Waals surface area contributed by atoms with Gasteiger partial charge in [0, 0.05) is 12.3 Å². The minimum atomic E-state index is -0.0822. The molecule has 1 atom stereocenters. The van der Waals surface area contributed by atoms with Crippen molar-refractivity contribution >= 4 is 19.2 Å². The van der Waals surface area contributed by atoms with E-state index < -0.39 is 0 Å². The van der Waals surface area contributed by atoms with Gasteiger partial charge in [-0.1, -0.05) is 33.5 Å². The van der Waals surface area contributed by atoms with Crippen molar-refractivity contribution < 1.29 is 9.59 Å². The lowest BCUT2D eigenvalue weighted by Gasteiger charge is -2.17. The summed E-state index contributed by atoms with van der Waals surface area (Å²) >= 11 is 0. The molecule has 1 saturated heterocycles. The largest absolute Gasteiger partial charge is 0.332 e. The molecule has 3 nitrogen and oxygen atoms in total. The summed E-state index contributed by atoms with van der Waals surface area (Å²) in [7, 11) is 0.570. The summed E-state index contributed by atoms with van der Waals surface area (Å²) in [5.74, 6) is 0.569. The highest BCUT2D eigenvalue weighted by Gasteiger charge is 2.39. The molecule has 1 aliphatic heterocycles. The Hall–Kier alpha value is -0.795. The average molecular weight is 195 g/mol. The molecule has 0 N–H and O–H groups in total. The zero-order valence-corrected chi connectivity index (χ0v) is 9.41. The summed E-state index contributed by atoms with van der Waals surface area (Å²) in [6.07, 6.45) is 0.406. The molecule has 2 amide bonds. The summed E-state index contributed by atoms with van der Waals surface area (Å²) in [5.41, 5.74) is 0. The Morgan fingerprint density at radius 3 is 2.21 bits per heavy atom. The van der Waals surface area contributed by atoms with Crippen molar-refractivity contribution in [2.24, 2.45) is 11.8 Å². The highest BCUT2D eigenvalue weighted by Crippen LogP contribution is 2.26. The third-order valence-electron chi connectivity index (χ3n) is 2.63. The van der Waals surface area contributed by atoms with Gasteiger partial charge in [0.15, 0.2) is 0 Å². The maximum absolute atomic E-state index is 11.8. The standard InChI is InChI=1S/C10H18BNO2/c1-6(2)8-5-9(13)12(10(8)14)11-7(3)4/h6-8,11H,5H2,1-4H3. The quantitative estimate of drug-likeness (QED) is 0.501. The zero-order valence-electron chi connectivity index (χ0n) is 9.41. The molecule has 0 aliphatic carbocycles. The van der Waals surface area contributed by atoms with Gasteiger partial charge in [0.2, 0.25) is 11.8 Å². The van der Waals surface area contributed by atoms with E-state index in [1.54, 1.807) is 0 Å². The van der Waals surface area contributed by atoms with Crippen LogP contribution in [-0.4, -0.2) is 24.0 Å². The van der Waals surface area contributed by atoms with E-state index >= 15 is 0 Å². The molecule has 1 rings (SSSR count). The normalized spacial score (nSPS) is 22.7. The van der Waals surface area contributed by atoms with Crippen molar-refractivity contribution in [1.29, 1.82) is 0 Å². The fourth-order valence-corrected chi connectivity index (χ4v) is 1.79. The first-order valence-electron chi connectivity index (χ1n) is 5.27. The Kier molecular flexibility index (Phi) is 3.35. The number of hydrogen-bond donors (Lipinski definition) is 0. The van der Waals surface area contributed by atoms with Crippen molar-refractivity contribution in [3.05, 3.63) is 0 Å². The maximum atomic E-state index is 11.8. The number of nitrogens with zero attached hydrogens (tertiary/aromatic N) is 1. The summed E-state index contributed by atoms with van der Waals surface area (Å²) < 4.78 is 0. The van der Waals surface area contributed by atoms with Crippen LogP contribution in [0.2, 0.25) is 5.82 Å². The van der Waals surface area contributed by atoms with Crippen LogP contribution < -0.4 is 0 Å². The Morgan fingerprint density at radius 1 is 1.29 bits per heavy atom. The molecular formula is C10H18BNO2. The smallest absolute Gasteiger partial charge is 0.252 e. The minimum Gasteiger partial charge on any atom is -0.332 e. The topological polar surface area (TPSA) is 37.4 Å². The number of hydrogen-bond acceptors (Lipinski definition) is 2. The van der Waals surface area contributed by atoms with E-state index in [-0.39, 0.29) is 23.7 Å². The molecule has 0 aromatic carbocycles. The SMILES string of the molecule is CC(C)BN1C(=O)CC(C(C)C)C1=O. The number of carbonyl (C=O) groups excluding carboxylic acids is 2. The third kappa shape index (κ3) is 2.17. The molecule has 1 heterocycles. The van der Waals surface area contributed by atoms with E-state index in [1.807, 2.05) is 27.7 Å². The molecule has 0 radical (unpaired) electrons. The van der Waals surface area contributed by atoms with Gasteiger partial charge in [-0.25, -0.2) is 0 Å². The summed E-state index contributed by atoms with van der Waals surface area (Å²) in [6.45, 7) is 8.02. The molecule has 0 spiro atoms. The van der Waals surface area contributed by atoms with Crippen molar-refractivity contribution in [3.8, 4) is 0 Å². The second kappa shape index (κ2) is 4.15. The Bertz CT molecular complexity index is 251. The summed E-state index contributed by atoms with van der Waals surface area (Å²) in [5, 5.41) is 0. The second-order valence-corrected chi connectivity index (χ2v) is 4.79. The van der Waals surface area contributed by atoms with Gasteiger partial charge in [-0.2, -0.15) is 0 Å². The Balaban J connectivity index is 2.70. The van der Waals surface area contributed by atoms with Crippen molar-refractivity contribution in [1.82, 2.24) is 4.81 Å². The molecule has 4 heteroatoms. The van der Waals surface area contributed by atoms with Crippen LogP contribution in [0.3, 0.4) is 0 Å². The lowest BCUT2D eigenvalue weighted by Crippen LogP contribution is -2.36. The molecule has 0 bridgehead atoms. The number of carbonyl (C=O) groups is 2. The first-order chi connectivity index (χ1) is 6.43. The fraction of sp³-hybridized carbons (Fsp3) is 0.800. The van der Waals surface area contributed by atoms with Gasteiger partial charge in [-0.05, 0) is 5.92 Å². The van der Waals surface area contributed by atoms with E-state index in [1.165, 1.54) is 4.81 Å². The molecule has 1 unspecified atom stereocenters. The van der Waals surface area contributed by atoms with Crippen LogP contribution in [0, 0.1) is 11.8 Å². The van der Waals surface area contributed by atoms with Gasteiger partial charge in [-0.15, -0.1) is 0 Å². The van der Waals surface area contributed by atoms with Gasteiger partial charge in [0.1, 0.15) is 0 Å². The van der Waals surface area contributed by atoms with E-state index in [4.69, 9.17) is 0 Å². The number of imide groups is 1. The summed E-state index contributed by atoms with van der Waals surface area (Å²) in [6, 6.07) is 0. The predicted octanol–water partition coefficient (Wildman–Crippen LogP) is 1.20. The monoisotopic (exact) mass is 195 g/mol.